The Morgan fingerprint density at radius 1 is 1.47 bits per heavy atom. The first-order valence-corrected chi connectivity index (χ1v) is 6.95. The van der Waals surface area contributed by atoms with Crippen LogP contribution in [0.3, 0.4) is 0 Å². The molecule has 0 radical (unpaired) electrons. The van der Waals surface area contributed by atoms with Crippen LogP contribution >= 0.6 is 11.6 Å². The smallest absolute Gasteiger partial charge is 0.231 e. The molecular formula is C9H11ClN4O2S. The highest BCUT2D eigenvalue weighted by atomic mass is 35.5. The molecule has 0 fully saturated rings. The van der Waals surface area contributed by atoms with E-state index >= 15 is 0 Å². The van der Waals surface area contributed by atoms with Crippen LogP contribution in [-0.2, 0) is 17.1 Å². The minimum absolute atomic E-state index is 0.183. The van der Waals surface area contributed by atoms with E-state index in [1.807, 2.05) is 0 Å². The summed E-state index contributed by atoms with van der Waals surface area (Å²) in [5.41, 5.74) is 6.89. The van der Waals surface area contributed by atoms with Crippen LogP contribution in [0.4, 0.5) is 11.5 Å². The minimum atomic E-state index is -3.41. The van der Waals surface area contributed by atoms with Gasteiger partial charge < -0.3 is 5.73 Å². The quantitative estimate of drug-likeness (QED) is 0.805. The van der Waals surface area contributed by atoms with Gasteiger partial charge in [-0.3, -0.25) is 9.40 Å². The zero-order valence-electron chi connectivity index (χ0n) is 9.23. The maximum atomic E-state index is 11.2. The number of aromatic nitrogens is 2. The number of nitrogen functional groups attached to an aromatic ring is 1. The fourth-order valence-electron chi connectivity index (χ4n) is 1.65. The summed E-state index contributed by atoms with van der Waals surface area (Å²) in [4.78, 5) is 0. The van der Waals surface area contributed by atoms with Gasteiger partial charge in [0.1, 0.15) is 0 Å². The zero-order valence-corrected chi connectivity index (χ0v) is 10.8. The summed E-state index contributed by atoms with van der Waals surface area (Å²) in [7, 11) is -1.74. The van der Waals surface area contributed by atoms with Gasteiger partial charge in [-0.25, -0.2) is 8.42 Å². The third kappa shape index (κ3) is 2.16. The van der Waals surface area contributed by atoms with Crippen LogP contribution in [0.1, 0.15) is 0 Å². The molecule has 2 rings (SSSR count). The number of nitrogens with one attached hydrogen (secondary N) is 1. The second-order valence-electron chi connectivity index (χ2n) is 3.71. The summed E-state index contributed by atoms with van der Waals surface area (Å²) >= 11 is 6.03. The van der Waals surface area contributed by atoms with Gasteiger partial charge in [-0.15, -0.1) is 0 Å². The van der Waals surface area contributed by atoms with Gasteiger partial charge in [-0.05, 0) is 12.1 Å². The molecule has 8 heteroatoms. The number of rotatable bonds is 2. The van der Waals surface area contributed by atoms with Crippen LogP contribution in [0.5, 0.6) is 0 Å². The van der Waals surface area contributed by atoms with E-state index in [1.54, 1.807) is 19.2 Å². The van der Waals surface area contributed by atoms with E-state index in [2.05, 4.69) is 9.82 Å². The van der Waals surface area contributed by atoms with Crippen LogP contribution in [0.15, 0.2) is 12.1 Å². The van der Waals surface area contributed by atoms with Crippen molar-refractivity contribution >= 4 is 44.0 Å². The van der Waals surface area contributed by atoms with E-state index in [9.17, 15) is 8.42 Å². The normalized spacial score (nSPS) is 11.9. The predicted octanol–water partition coefficient (Wildman–Crippen LogP) is 1.18. The highest BCUT2D eigenvalue weighted by Crippen LogP contribution is 2.33. The molecular weight excluding hydrogens is 264 g/mol. The summed E-state index contributed by atoms with van der Waals surface area (Å²) in [6.07, 6.45) is 1.05. The van der Waals surface area contributed by atoms with Gasteiger partial charge in [0.25, 0.3) is 0 Å². The number of hydrogen-bond donors (Lipinski definition) is 2. The number of fused-ring (bicyclic) bond motifs is 1. The summed E-state index contributed by atoms with van der Waals surface area (Å²) in [6.45, 7) is 0. The van der Waals surface area contributed by atoms with Gasteiger partial charge in [0, 0.05) is 7.05 Å². The van der Waals surface area contributed by atoms with Crippen molar-refractivity contribution in [2.75, 3.05) is 16.7 Å². The fraction of sp³-hybridized carbons (Fsp3) is 0.222. The van der Waals surface area contributed by atoms with Gasteiger partial charge in [0.05, 0.1) is 27.9 Å². The lowest BCUT2D eigenvalue weighted by atomic mass is 10.2. The number of hydrogen-bond acceptors (Lipinski definition) is 4. The first-order chi connectivity index (χ1) is 7.79. The lowest BCUT2D eigenvalue weighted by molar-refractivity contribution is 0.606. The van der Waals surface area contributed by atoms with Crippen LogP contribution < -0.4 is 10.5 Å². The molecule has 0 aliphatic rings. The lowest BCUT2D eigenvalue weighted by Crippen LogP contribution is -2.10. The highest BCUT2D eigenvalue weighted by Gasteiger charge is 2.16. The number of halogens is 1. The number of benzene rings is 1. The average Bonchev–Trinajstić information content (AvgIpc) is 2.48. The van der Waals surface area contributed by atoms with E-state index in [0.717, 1.165) is 6.26 Å². The van der Waals surface area contributed by atoms with Crippen LogP contribution in [0.2, 0.25) is 5.02 Å². The molecule has 6 nitrogen and oxygen atoms in total. The molecule has 0 bridgehead atoms. The van der Waals surface area contributed by atoms with Crippen molar-refractivity contribution in [1.29, 1.82) is 0 Å². The molecule has 92 valence electrons. The molecule has 17 heavy (non-hydrogen) atoms. The summed E-state index contributed by atoms with van der Waals surface area (Å²) in [5, 5.41) is 4.96. The molecule has 2 aromatic rings. The van der Waals surface area contributed by atoms with E-state index < -0.39 is 10.0 Å². The molecule has 1 aromatic carbocycles. The Bertz CT molecular complexity index is 693. The predicted molar refractivity (Wildman–Crippen MR) is 68.6 cm³/mol. The SMILES string of the molecule is Cn1nc(NS(C)(=O)=O)c2c(Cl)ccc(N)c21. The van der Waals surface area contributed by atoms with Crippen molar-refractivity contribution in [3.63, 3.8) is 0 Å². The van der Waals surface area contributed by atoms with E-state index in [1.165, 1.54) is 4.68 Å². The number of aryl methyl sites for hydroxylation is 1. The molecule has 0 unspecified atom stereocenters. The average molecular weight is 275 g/mol. The van der Waals surface area contributed by atoms with Crippen molar-refractivity contribution in [2.45, 2.75) is 0 Å². The number of nitrogens with zero attached hydrogens (tertiary/aromatic N) is 2. The fourth-order valence-corrected chi connectivity index (χ4v) is 2.39. The maximum Gasteiger partial charge on any atom is 0.231 e. The standard InChI is InChI=1S/C9H11ClN4O2S/c1-14-8-6(11)4-3-5(10)7(8)9(12-14)13-17(2,15)16/h3-4H,11H2,1-2H3,(H,12,13). The van der Waals surface area contributed by atoms with Gasteiger partial charge >= 0.3 is 0 Å². The minimum Gasteiger partial charge on any atom is -0.397 e. The first kappa shape index (κ1) is 12.0. The molecule has 0 atom stereocenters. The van der Waals surface area contributed by atoms with Gasteiger partial charge in [0.15, 0.2) is 5.82 Å². The number of nitrogens with two attached hydrogens (primary N) is 1. The molecule has 1 heterocycles. The molecule has 0 saturated carbocycles. The van der Waals surface area contributed by atoms with Crippen LogP contribution in [-0.4, -0.2) is 24.5 Å². The van der Waals surface area contributed by atoms with Gasteiger partial charge in [-0.2, -0.15) is 5.10 Å². The monoisotopic (exact) mass is 274 g/mol. The van der Waals surface area contributed by atoms with Crippen LogP contribution in [0, 0.1) is 0 Å². The van der Waals surface area contributed by atoms with Gasteiger partial charge in [-0.1, -0.05) is 11.6 Å². The Balaban J connectivity index is 2.79. The van der Waals surface area contributed by atoms with Gasteiger partial charge in [0.2, 0.25) is 10.0 Å². The summed E-state index contributed by atoms with van der Waals surface area (Å²) in [6, 6.07) is 3.25. The number of anilines is 2. The lowest BCUT2D eigenvalue weighted by Gasteiger charge is -2.02. The molecule has 0 saturated heterocycles. The summed E-state index contributed by atoms with van der Waals surface area (Å²) < 4.78 is 26.2. The molecule has 0 amide bonds. The Kier molecular flexibility index (Phi) is 2.67. The highest BCUT2D eigenvalue weighted by molar-refractivity contribution is 7.92. The number of sulfonamides is 1. The molecule has 0 aliphatic heterocycles. The Morgan fingerprint density at radius 3 is 2.71 bits per heavy atom. The molecule has 3 N–H and O–H groups in total. The van der Waals surface area contributed by atoms with E-state index in [0.29, 0.717) is 21.6 Å². The zero-order chi connectivity index (χ0) is 12.8. The van der Waals surface area contributed by atoms with Crippen LogP contribution in [0.25, 0.3) is 10.9 Å². The largest absolute Gasteiger partial charge is 0.397 e. The Labute approximate surface area is 103 Å². The van der Waals surface area contributed by atoms with E-state index in [-0.39, 0.29) is 5.82 Å². The third-order valence-electron chi connectivity index (χ3n) is 2.25. The Hall–Kier alpha value is -1.47. The summed E-state index contributed by atoms with van der Waals surface area (Å²) in [5.74, 6) is 0.183. The topological polar surface area (TPSA) is 90.0 Å². The van der Waals surface area contributed by atoms with Crippen molar-refractivity contribution < 1.29 is 8.42 Å². The third-order valence-corrected chi connectivity index (χ3v) is 3.13. The maximum absolute atomic E-state index is 11.2. The first-order valence-electron chi connectivity index (χ1n) is 4.68. The Morgan fingerprint density at radius 2 is 2.12 bits per heavy atom. The van der Waals surface area contributed by atoms with Crippen molar-refractivity contribution in [1.82, 2.24) is 9.78 Å². The molecule has 0 aliphatic carbocycles. The molecule has 1 aromatic heterocycles. The van der Waals surface area contributed by atoms with Crippen molar-refractivity contribution in [2.24, 2.45) is 7.05 Å². The van der Waals surface area contributed by atoms with Crippen molar-refractivity contribution in [3.8, 4) is 0 Å². The van der Waals surface area contributed by atoms with Crippen molar-refractivity contribution in [3.05, 3.63) is 17.2 Å². The second-order valence-corrected chi connectivity index (χ2v) is 5.86. The second kappa shape index (κ2) is 3.78. The van der Waals surface area contributed by atoms with E-state index in [4.69, 9.17) is 17.3 Å². The molecule has 0 spiro atoms.